The van der Waals surface area contributed by atoms with Crippen LogP contribution in [-0.4, -0.2) is 0 Å². The van der Waals surface area contributed by atoms with E-state index in [1.54, 1.807) is 0 Å². The zero-order valence-electron chi connectivity index (χ0n) is 15.8. The Morgan fingerprint density at radius 1 is 0.464 bits per heavy atom. The van der Waals surface area contributed by atoms with E-state index in [0.29, 0.717) is 0 Å². The fourth-order valence-corrected chi connectivity index (χ4v) is 4.00. The van der Waals surface area contributed by atoms with Crippen LogP contribution in [0.2, 0.25) is 0 Å². The summed E-state index contributed by atoms with van der Waals surface area (Å²) in [5.41, 5.74) is 6.09. The molecule has 1 heteroatoms. The lowest BCUT2D eigenvalue weighted by molar-refractivity contribution is 1.52. The molecule has 0 saturated carbocycles. The van der Waals surface area contributed by atoms with Crippen LogP contribution in [0.25, 0.3) is 32.7 Å². The highest BCUT2D eigenvalue weighted by molar-refractivity contribution is 6.09. The van der Waals surface area contributed by atoms with Gasteiger partial charge in [0.2, 0.25) is 0 Å². The Labute approximate surface area is 165 Å². The van der Waals surface area contributed by atoms with Crippen molar-refractivity contribution < 1.29 is 0 Å². The first-order valence-corrected chi connectivity index (χ1v) is 9.64. The van der Waals surface area contributed by atoms with Crippen LogP contribution < -0.4 is 5.32 Å². The summed E-state index contributed by atoms with van der Waals surface area (Å²) in [6, 6.07) is 36.6. The monoisotopic (exact) mass is 359 g/mol. The van der Waals surface area contributed by atoms with E-state index < -0.39 is 0 Å². The smallest absolute Gasteiger partial charge is 0.0464 e. The summed E-state index contributed by atoms with van der Waals surface area (Å²) in [7, 11) is 0. The molecule has 0 aliphatic rings. The molecule has 0 amide bonds. The largest absolute Gasteiger partial charge is 0.355 e. The number of fused-ring (bicyclic) bond motifs is 2. The van der Waals surface area contributed by atoms with Crippen LogP contribution >= 0.6 is 0 Å². The summed E-state index contributed by atoms with van der Waals surface area (Å²) in [6.07, 6.45) is 0. The van der Waals surface area contributed by atoms with Crippen molar-refractivity contribution in [1.29, 1.82) is 0 Å². The summed E-state index contributed by atoms with van der Waals surface area (Å²) in [6.45, 7) is 2.18. The molecule has 0 saturated heterocycles. The van der Waals surface area contributed by atoms with Crippen molar-refractivity contribution in [2.75, 3.05) is 5.32 Å². The first kappa shape index (κ1) is 16.6. The predicted molar refractivity (Wildman–Crippen MR) is 121 cm³/mol. The number of hydrogen-bond donors (Lipinski definition) is 1. The molecule has 28 heavy (non-hydrogen) atoms. The molecule has 1 N–H and O–H groups in total. The molecule has 0 heterocycles. The fraction of sp³-hybridized carbons (Fsp3) is 0.0370. The Bertz CT molecular complexity index is 1290. The Hall–Kier alpha value is -3.58. The first-order valence-electron chi connectivity index (χ1n) is 9.64. The second-order valence-electron chi connectivity index (χ2n) is 7.17. The predicted octanol–water partition coefficient (Wildman–Crippen LogP) is 7.71. The third kappa shape index (κ3) is 2.82. The van der Waals surface area contributed by atoms with E-state index in [-0.39, 0.29) is 0 Å². The average molecular weight is 359 g/mol. The molecule has 0 spiro atoms. The highest BCUT2D eigenvalue weighted by atomic mass is 14.9. The van der Waals surface area contributed by atoms with E-state index in [0.717, 1.165) is 11.4 Å². The van der Waals surface area contributed by atoms with Crippen LogP contribution in [0.1, 0.15) is 5.56 Å². The van der Waals surface area contributed by atoms with Gasteiger partial charge in [-0.3, -0.25) is 0 Å². The summed E-state index contributed by atoms with van der Waals surface area (Å²) < 4.78 is 0. The van der Waals surface area contributed by atoms with Gasteiger partial charge in [0.05, 0.1) is 0 Å². The lowest BCUT2D eigenvalue weighted by atomic mass is 9.92. The molecule has 1 nitrogen and oxygen atoms in total. The summed E-state index contributed by atoms with van der Waals surface area (Å²) in [5, 5.41) is 8.68. The van der Waals surface area contributed by atoms with Crippen LogP contribution in [0.15, 0.2) is 103 Å². The van der Waals surface area contributed by atoms with E-state index in [4.69, 9.17) is 0 Å². The van der Waals surface area contributed by atoms with Gasteiger partial charge in [0.15, 0.2) is 0 Å². The van der Waals surface area contributed by atoms with E-state index in [2.05, 4.69) is 109 Å². The van der Waals surface area contributed by atoms with Gasteiger partial charge < -0.3 is 5.32 Å². The van der Waals surface area contributed by atoms with Crippen molar-refractivity contribution in [3.63, 3.8) is 0 Å². The number of benzene rings is 5. The standard InChI is InChI=1S/C27H21N/c1-19-15-16-24(22-12-6-5-11-21(19)22)25-17-18-27(26-14-8-7-13-23(25)26)28-20-9-3-2-4-10-20/h2-18,28H,1H3. The lowest BCUT2D eigenvalue weighted by Crippen LogP contribution is -1.93. The van der Waals surface area contributed by atoms with Crippen molar-refractivity contribution in [3.05, 3.63) is 109 Å². The maximum atomic E-state index is 3.57. The molecular weight excluding hydrogens is 338 g/mol. The molecule has 134 valence electrons. The van der Waals surface area contributed by atoms with Crippen LogP contribution in [0.3, 0.4) is 0 Å². The van der Waals surface area contributed by atoms with Crippen molar-refractivity contribution in [2.45, 2.75) is 6.92 Å². The Morgan fingerprint density at radius 2 is 1.00 bits per heavy atom. The number of anilines is 2. The van der Waals surface area contributed by atoms with Gasteiger partial charge in [0.1, 0.15) is 0 Å². The molecule has 0 aromatic heterocycles. The molecule has 0 aliphatic heterocycles. The molecule has 5 aromatic rings. The van der Waals surface area contributed by atoms with Gasteiger partial charge in [-0.1, -0.05) is 84.9 Å². The first-order chi connectivity index (χ1) is 13.8. The second kappa shape index (κ2) is 6.86. The summed E-state index contributed by atoms with van der Waals surface area (Å²) in [4.78, 5) is 0. The fourth-order valence-electron chi connectivity index (χ4n) is 4.00. The normalized spacial score (nSPS) is 11.0. The molecule has 0 fully saturated rings. The van der Waals surface area contributed by atoms with Gasteiger partial charge in [-0.05, 0) is 58.0 Å². The SMILES string of the molecule is Cc1ccc(-c2ccc(Nc3ccccc3)c3ccccc23)c2ccccc12. The van der Waals surface area contributed by atoms with Crippen molar-refractivity contribution in [2.24, 2.45) is 0 Å². The number of para-hydroxylation sites is 1. The van der Waals surface area contributed by atoms with Crippen molar-refractivity contribution in [3.8, 4) is 11.1 Å². The molecule has 0 atom stereocenters. The lowest BCUT2D eigenvalue weighted by Gasteiger charge is -2.15. The Morgan fingerprint density at radius 3 is 1.71 bits per heavy atom. The maximum absolute atomic E-state index is 3.57. The molecular formula is C27H21N. The third-order valence-corrected chi connectivity index (χ3v) is 5.41. The molecule has 0 unspecified atom stereocenters. The van der Waals surface area contributed by atoms with Gasteiger partial charge >= 0.3 is 0 Å². The van der Waals surface area contributed by atoms with E-state index in [1.165, 1.54) is 38.2 Å². The topological polar surface area (TPSA) is 12.0 Å². The van der Waals surface area contributed by atoms with E-state index >= 15 is 0 Å². The minimum Gasteiger partial charge on any atom is -0.355 e. The van der Waals surface area contributed by atoms with E-state index in [1.807, 2.05) is 6.07 Å². The van der Waals surface area contributed by atoms with E-state index in [9.17, 15) is 0 Å². The molecule has 5 rings (SSSR count). The van der Waals surface area contributed by atoms with Crippen LogP contribution in [0, 0.1) is 6.92 Å². The van der Waals surface area contributed by atoms with Gasteiger partial charge in [-0.25, -0.2) is 0 Å². The Kier molecular flexibility index (Phi) is 4.06. The van der Waals surface area contributed by atoms with Crippen LogP contribution in [0.5, 0.6) is 0 Å². The van der Waals surface area contributed by atoms with Gasteiger partial charge in [0, 0.05) is 16.8 Å². The number of hydrogen-bond acceptors (Lipinski definition) is 1. The molecule has 5 aromatic carbocycles. The molecule has 0 aliphatic carbocycles. The van der Waals surface area contributed by atoms with Crippen molar-refractivity contribution in [1.82, 2.24) is 0 Å². The quantitative estimate of drug-likeness (QED) is 0.348. The zero-order valence-corrected chi connectivity index (χ0v) is 15.8. The number of nitrogens with one attached hydrogen (secondary N) is 1. The maximum Gasteiger partial charge on any atom is 0.0464 e. The summed E-state index contributed by atoms with van der Waals surface area (Å²) in [5.74, 6) is 0. The third-order valence-electron chi connectivity index (χ3n) is 5.41. The van der Waals surface area contributed by atoms with Crippen LogP contribution in [-0.2, 0) is 0 Å². The van der Waals surface area contributed by atoms with Gasteiger partial charge in [0.25, 0.3) is 0 Å². The minimum absolute atomic E-state index is 1.10. The van der Waals surface area contributed by atoms with Gasteiger partial charge in [-0.2, -0.15) is 0 Å². The van der Waals surface area contributed by atoms with Crippen molar-refractivity contribution >= 4 is 32.9 Å². The highest BCUT2D eigenvalue weighted by Crippen LogP contribution is 2.38. The Balaban J connectivity index is 1.73. The molecule has 0 bridgehead atoms. The number of rotatable bonds is 3. The second-order valence-corrected chi connectivity index (χ2v) is 7.17. The van der Waals surface area contributed by atoms with Gasteiger partial charge in [-0.15, -0.1) is 0 Å². The highest BCUT2D eigenvalue weighted by Gasteiger charge is 2.11. The zero-order chi connectivity index (χ0) is 18.9. The minimum atomic E-state index is 1.10. The number of aryl methyl sites for hydroxylation is 1. The summed E-state index contributed by atoms with van der Waals surface area (Å²) >= 11 is 0. The average Bonchev–Trinajstić information content (AvgIpc) is 2.76. The van der Waals surface area contributed by atoms with Crippen LogP contribution in [0.4, 0.5) is 11.4 Å². The molecule has 0 radical (unpaired) electrons.